The number of benzene rings is 1. The van der Waals surface area contributed by atoms with Crippen LogP contribution in [0, 0.1) is 17.2 Å². The third-order valence-electron chi connectivity index (χ3n) is 5.06. The first kappa shape index (κ1) is 13.5. The summed E-state index contributed by atoms with van der Waals surface area (Å²) in [5.74, 6) is -0.0521. The lowest BCUT2D eigenvalue weighted by Crippen LogP contribution is -2.59. The molecule has 22 heavy (non-hydrogen) atoms. The number of para-hydroxylation sites is 1. The van der Waals surface area contributed by atoms with E-state index in [0.717, 1.165) is 42.5 Å². The first-order valence-corrected chi connectivity index (χ1v) is 7.96. The SMILES string of the molecule is N#CC1=C2CCCC[C@H]2[C@@]2(NC1=S)C(=O)Nc1ccccc12. The highest BCUT2D eigenvalue weighted by atomic mass is 32.1. The Labute approximate surface area is 134 Å². The summed E-state index contributed by atoms with van der Waals surface area (Å²) in [5, 5.41) is 15.7. The molecule has 110 valence electrons. The molecule has 1 fully saturated rings. The zero-order chi connectivity index (χ0) is 15.3. The molecule has 1 spiro atoms. The summed E-state index contributed by atoms with van der Waals surface area (Å²) in [6.45, 7) is 0. The van der Waals surface area contributed by atoms with Crippen molar-refractivity contribution in [2.75, 3.05) is 5.32 Å². The molecule has 3 aliphatic rings. The maximum absolute atomic E-state index is 12.9. The fraction of sp³-hybridized carbons (Fsp3) is 0.353. The van der Waals surface area contributed by atoms with Gasteiger partial charge in [0.15, 0.2) is 5.54 Å². The minimum absolute atomic E-state index is 0.00579. The van der Waals surface area contributed by atoms with Crippen LogP contribution < -0.4 is 10.6 Å². The number of carbonyl (C=O) groups excluding carboxylic acids is 1. The number of nitrogens with zero attached hydrogens (tertiary/aromatic N) is 1. The van der Waals surface area contributed by atoms with Crippen molar-refractivity contribution in [1.29, 1.82) is 5.26 Å². The van der Waals surface area contributed by atoms with E-state index in [-0.39, 0.29) is 11.8 Å². The van der Waals surface area contributed by atoms with Gasteiger partial charge in [0, 0.05) is 17.2 Å². The predicted octanol–water partition coefficient (Wildman–Crippen LogP) is 2.77. The van der Waals surface area contributed by atoms with E-state index in [9.17, 15) is 10.1 Å². The summed E-state index contributed by atoms with van der Waals surface area (Å²) in [6.07, 6.45) is 3.88. The van der Waals surface area contributed by atoms with E-state index in [1.165, 1.54) is 0 Å². The predicted molar refractivity (Wildman–Crippen MR) is 87.1 cm³/mol. The van der Waals surface area contributed by atoms with Crippen LogP contribution in [0.15, 0.2) is 35.4 Å². The third kappa shape index (κ3) is 1.56. The highest BCUT2D eigenvalue weighted by Gasteiger charge is 2.56. The van der Waals surface area contributed by atoms with Crippen LogP contribution in [0.4, 0.5) is 5.69 Å². The lowest BCUT2D eigenvalue weighted by Gasteiger charge is -2.44. The number of carbonyl (C=O) groups is 1. The first-order chi connectivity index (χ1) is 10.7. The Bertz CT molecular complexity index is 776. The average molecular weight is 309 g/mol. The monoisotopic (exact) mass is 309 g/mol. The molecule has 0 bridgehead atoms. The molecule has 0 aromatic heterocycles. The highest BCUT2D eigenvalue weighted by molar-refractivity contribution is 7.80. The van der Waals surface area contributed by atoms with E-state index in [2.05, 4.69) is 16.7 Å². The molecule has 0 unspecified atom stereocenters. The second-order valence-corrected chi connectivity index (χ2v) is 6.48. The van der Waals surface area contributed by atoms with Crippen molar-refractivity contribution < 1.29 is 4.79 Å². The zero-order valence-corrected chi connectivity index (χ0v) is 12.8. The Hall–Kier alpha value is -2.19. The Morgan fingerprint density at radius 2 is 2.14 bits per heavy atom. The molecule has 5 heteroatoms. The van der Waals surface area contributed by atoms with Gasteiger partial charge in [-0.05, 0) is 30.9 Å². The van der Waals surface area contributed by atoms with Gasteiger partial charge in [-0.2, -0.15) is 5.26 Å². The number of hydrogen-bond donors (Lipinski definition) is 2. The van der Waals surface area contributed by atoms with E-state index in [1.54, 1.807) is 0 Å². The van der Waals surface area contributed by atoms with Crippen molar-refractivity contribution in [3.8, 4) is 6.07 Å². The maximum Gasteiger partial charge on any atom is 0.255 e. The van der Waals surface area contributed by atoms with E-state index in [4.69, 9.17) is 12.2 Å². The summed E-state index contributed by atoms with van der Waals surface area (Å²) in [7, 11) is 0. The van der Waals surface area contributed by atoms with Gasteiger partial charge in [0.1, 0.15) is 11.1 Å². The van der Waals surface area contributed by atoms with Gasteiger partial charge in [0.25, 0.3) is 5.91 Å². The Morgan fingerprint density at radius 3 is 2.95 bits per heavy atom. The van der Waals surface area contributed by atoms with Gasteiger partial charge in [-0.1, -0.05) is 36.8 Å². The molecule has 2 heterocycles. The molecule has 2 aliphatic heterocycles. The van der Waals surface area contributed by atoms with E-state index < -0.39 is 5.54 Å². The van der Waals surface area contributed by atoms with Crippen molar-refractivity contribution in [3.05, 3.63) is 41.0 Å². The Kier molecular flexibility index (Phi) is 2.85. The topological polar surface area (TPSA) is 64.9 Å². The maximum atomic E-state index is 12.9. The normalized spacial score (nSPS) is 29.5. The Balaban J connectivity index is 1.97. The lowest BCUT2D eigenvalue weighted by atomic mass is 9.65. The van der Waals surface area contributed by atoms with Gasteiger partial charge in [0.05, 0.1) is 5.57 Å². The Morgan fingerprint density at radius 1 is 1.32 bits per heavy atom. The second-order valence-electron chi connectivity index (χ2n) is 6.07. The minimum atomic E-state index is -0.843. The number of thiocarbonyl (C=S) groups is 1. The number of amides is 1. The van der Waals surface area contributed by atoms with E-state index >= 15 is 0 Å². The van der Waals surface area contributed by atoms with E-state index in [1.807, 2.05) is 24.3 Å². The first-order valence-electron chi connectivity index (χ1n) is 7.55. The highest BCUT2D eigenvalue weighted by Crippen LogP contribution is 2.51. The van der Waals surface area contributed by atoms with Crippen molar-refractivity contribution in [3.63, 3.8) is 0 Å². The van der Waals surface area contributed by atoms with Crippen LogP contribution in [0.3, 0.4) is 0 Å². The molecule has 1 saturated carbocycles. The van der Waals surface area contributed by atoms with Gasteiger partial charge in [-0.15, -0.1) is 0 Å². The third-order valence-corrected chi connectivity index (χ3v) is 5.37. The minimum Gasteiger partial charge on any atom is -0.357 e. The zero-order valence-electron chi connectivity index (χ0n) is 12.0. The van der Waals surface area contributed by atoms with Crippen LogP contribution >= 0.6 is 12.2 Å². The molecule has 2 N–H and O–H groups in total. The van der Waals surface area contributed by atoms with Crippen molar-refractivity contribution in [2.24, 2.45) is 5.92 Å². The van der Waals surface area contributed by atoms with Gasteiger partial charge in [-0.3, -0.25) is 4.79 Å². The molecule has 0 radical (unpaired) electrons. The van der Waals surface area contributed by atoms with Gasteiger partial charge in [0.2, 0.25) is 0 Å². The van der Waals surface area contributed by atoms with Crippen LogP contribution in [0.1, 0.15) is 31.2 Å². The lowest BCUT2D eigenvalue weighted by molar-refractivity contribution is -0.123. The molecule has 1 aromatic carbocycles. The van der Waals surface area contributed by atoms with Gasteiger partial charge < -0.3 is 10.6 Å². The summed E-state index contributed by atoms with van der Waals surface area (Å²) in [6, 6.07) is 9.99. The van der Waals surface area contributed by atoms with Crippen LogP contribution in [0.5, 0.6) is 0 Å². The number of hydrogen-bond acceptors (Lipinski definition) is 3. The molecular weight excluding hydrogens is 294 g/mol. The van der Waals surface area contributed by atoms with Crippen LogP contribution in [-0.2, 0) is 10.3 Å². The van der Waals surface area contributed by atoms with Crippen LogP contribution in [0.25, 0.3) is 0 Å². The quantitative estimate of drug-likeness (QED) is 0.723. The molecule has 1 aliphatic carbocycles. The van der Waals surface area contributed by atoms with Crippen molar-refractivity contribution >= 4 is 28.8 Å². The molecule has 1 amide bonds. The van der Waals surface area contributed by atoms with Gasteiger partial charge in [-0.25, -0.2) is 0 Å². The van der Waals surface area contributed by atoms with Gasteiger partial charge >= 0.3 is 0 Å². The summed E-state index contributed by atoms with van der Waals surface area (Å²) < 4.78 is 0. The smallest absolute Gasteiger partial charge is 0.255 e. The molecule has 1 aromatic rings. The number of nitrogens with one attached hydrogen (secondary N) is 2. The fourth-order valence-electron chi connectivity index (χ4n) is 4.14. The average Bonchev–Trinajstić information content (AvgIpc) is 2.81. The fourth-order valence-corrected chi connectivity index (χ4v) is 4.47. The number of nitriles is 1. The molecular formula is C17H15N3OS. The number of fused-ring (bicyclic) bond motifs is 4. The van der Waals surface area contributed by atoms with Crippen molar-refractivity contribution in [1.82, 2.24) is 5.32 Å². The van der Waals surface area contributed by atoms with Crippen LogP contribution in [0.2, 0.25) is 0 Å². The number of anilines is 1. The summed E-state index contributed by atoms with van der Waals surface area (Å²) in [5.41, 5.74) is 2.58. The van der Waals surface area contributed by atoms with Crippen LogP contribution in [-0.4, -0.2) is 10.9 Å². The summed E-state index contributed by atoms with van der Waals surface area (Å²) in [4.78, 5) is 13.3. The molecule has 4 rings (SSSR count). The summed E-state index contributed by atoms with van der Waals surface area (Å²) >= 11 is 5.41. The van der Waals surface area contributed by atoms with Crippen molar-refractivity contribution in [2.45, 2.75) is 31.2 Å². The molecule has 0 saturated heterocycles. The number of rotatable bonds is 0. The second kappa shape index (κ2) is 4.65. The molecule has 2 atom stereocenters. The molecule has 4 nitrogen and oxygen atoms in total. The standard InChI is InChI=1S/C17H15N3OS/c18-9-11-10-5-1-2-6-12(10)17(20-15(11)22)13-7-3-4-8-14(13)19-16(17)21/h3-4,7-8,12H,1-2,5-6H2,(H,19,21)(H,20,22)/t12-,17+/m1/s1. The van der Waals surface area contributed by atoms with E-state index in [0.29, 0.717) is 10.6 Å². The largest absolute Gasteiger partial charge is 0.357 e.